The molecule has 1 unspecified atom stereocenters. The van der Waals surface area contributed by atoms with E-state index in [-0.39, 0.29) is 12.5 Å². The number of amides is 1. The number of likely N-dealkylation sites (N-methyl/N-ethyl adjacent to an activating group) is 1. The minimum Gasteiger partial charge on any atom is -0.480 e. The maximum Gasteiger partial charge on any atom is 0.329 e. The van der Waals surface area contributed by atoms with Gasteiger partial charge in [0.2, 0.25) is 5.91 Å². The minimum atomic E-state index is -1.16. The summed E-state index contributed by atoms with van der Waals surface area (Å²) in [6, 6.07) is 0. The third-order valence-corrected chi connectivity index (χ3v) is 2.05. The van der Waals surface area contributed by atoms with Gasteiger partial charge in [-0.15, -0.1) is 0 Å². The molecule has 0 fully saturated rings. The zero-order valence-electron chi connectivity index (χ0n) is 9.13. The first-order valence-corrected chi connectivity index (χ1v) is 4.51. The fourth-order valence-corrected chi connectivity index (χ4v) is 0.928. The highest BCUT2D eigenvalue weighted by atomic mass is 16.4. The van der Waals surface area contributed by atoms with Crippen LogP contribution in [-0.4, -0.2) is 48.1 Å². The van der Waals surface area contributed by atoms with Crippen LogP contribution in [-0.2, 0) is 9.59 Å². The van der Waals surface area contributed by atoms with Gasteiger partial charge in [0.15, 0.2) is 0 Å². The van der Waals surface area contributed by atoms with Gasteiger partial charge in [-0.1, -0.05) is 6.92 Å². The molecular weight excluding hydrogens is 184 g/mol. The van der Waals surface area contributed by atoms with E-state index in [1.165, 1.54) is 6.92 Å². The highest BCUT2D eigenvalue weighted by Gasteiger charge is 2.32. The zero-order chi connectivity index (χ0) is 11.4. The van der Waals surface area contributed by atoms with E-state index in [1.54, 1.807) is 25.9 Å². The lowest BCUT2D eigenvalue weighted by Crippen LogP contribution is -2.53. The predicted molar refractivity (Wildman–Crippen MR) is 53.0 cm³/mol. The monoisotopic (exact) mass is 202 g/mol. The molecule has 1 atom stereocenters. The van der Waals surface area contributed by atoms with Crippen LogP contribution in [0.5, 0.6) is 0 Å². The van der Waals surface area contributed by atoms with Crippen LogP contribution in [0, 0.1) is 0 Å². The van der Waals surface area contributed by atoms with Crippen LogP contribution >= 0.6 is 0 Å². The second-order valence-corrected chi connectivity index (χ2v) is 3.78. The Morgan fingerprint density at radius 1 is 1.43 bits per heavy atom. The lowest BCUT2D eigenvalue weighted by Gasteiger charge is -2.25. The highest BCUT2D eigenvalue weighted by molar-refractivity contribution is 5.87. The van der Waals surface area contributed by atoms with Crippen LogP contribution in [0.15, 0.2) is 0 Å². The summed E-state index contributed by atoms with van der Waals surface area (Å²) in [5, 5.41) is 11.4. The van der Waals surface area contributed by atoms with Gasteiger partial charge in [-0.2, -0.15) is 0 Å². The Morgan fingerprint density at radius 3 is 2.21 bits per heavy atom. The largest absolute Gasteiger partial charge is 0.480 e. The quantitative estimate of drug-likeness (QED) is 0.654. The first-order valence-electron chi connectivity index (χ1n) is 4.51. The number of nitrogens with one attached hydrogen (secondary N) is 1. The number of hydrogen-bond acceptors (Lipinski definition) is 3. The van der Waals surface area contributed by atoms with Crippen LogP contribution in [0.2, 0.25) is 0 Å². The third-order valence-electron chi connectivity index (χ3n) is 2.05. The number of carboxylic acid groups (broad SMARTS) is 1. The standard InChI is InChI=1S/C9H18N2O3/c1-5-9(2,8(13)14)10-7(12)6-11(3)4/h5-6H2,1-4H3,(H,10,12)(H,13,14). The molecule has 82 valence electrons. The molecule has 0 radical (unpaired) electrons. The number of carbonyl (C=O) groups is 2. The van der Waals surface area contributed by atoms with Gasteiger partial charge in [-0.05, 0) is 27.4 Å². The molecule has 0 aliphatic carbocycles. The number of hydrogen-bond donors (Lipinski definition) is 2. The molecule has 0 bridgehead atoms. The molecule has 0 aliphatic heterocycles. The molecule has 5 heteroatoms. The second kappa shape index (κ2) is 4.95. The number of carbonyl (C=O) groups excluding carboxylic acids is 1. The molecule has 14 heavy (non-hydrogen) atoms. The molecule has 0 heterocycles. The van der Waals surface area contributed by atoms with Crippen molar-refractivity contribution in [1.82, 2.24) is 10.2 Å². The molecule has 5 nitrogen and oxygen atoms in total. The van der Waals surface area contributed by atoms with Crippen molar-refractivity contribution in [2.45, 2.75) is 25.8 Å². The third kappa shape index (κ3) is 3.74. The Morgan fingerprint density at radius 2 is 1.93 bits per heavy atom. The zero-order valence-corrected chi connectivity index (χ0v) is 9.13. The van der Waals surface area contributed by atoms with Gasteiger partial charge >= 0.3 is 5.97 Å². The van der Waals surface area contributed by atoms with E-state index < -0.39 is 11.5 Å². The lowest BCUT2D eigenvalue weighted by atomic mass is 9.99. The molecule has 0 aliphatic rings. The molecule has 0 spiro atoms. The Labute approximate surface area is 84.1 Å². The summed E-state index contributed by atoms with van der Waals surface area (Å²) in [7, 11) is 3.51. The summed E-state index contributed by atoms with van der Waals surface area (Å²) < 4.78 is 0. The Hall–Kier alpha value is -1.10. The summed E-state index contributed by atoms with van der Waals surface area (Å²) in [5.74, 6) is -1.28. The minimum absolute atomic E-state index is 0.197. The molecule has 0 saturated heterocycles. The summed E-state index contributed by atoms with van der Waals surface area (Å²) in [6.45, 7) is 3.43. The predicted octanol–water partition coefficient (Wildman–Crippen LogP) is -0.0825. The Kier molecular flexibility index (Phi) is 4.56. The van der Waals surface area contributed by atoms with Gasteiger partial charge in [0.05, 0.1) is 6.54 Å². The first kappa shape index (κ1) is 12.9. The van der Waals surface area contributed by atoms with E-state index >= 15 is 0 Å². The second-order valence-electron chi connectivity index (χ2n) is 3.78. The number of carboxylic acids is 1. The van der Waals surface area contributed by atoms with Gasteiger partial charge < -0.3 is 15.3 Å². The maximum atomic E-state index is 11.3. The fourth-order valence-electron chi connectivity index (χ4n) is 0.928. The summed E-state index contributed by atoms with van der Waals surface area (Å²) in [6.07, 6.45) is 0.363. The molecule has 0 aromatic carbocycles. The van der Waals surface area contributed by atoms with Crippen molar-refractivity contribution < 1.29 is 14.7 Å². The molecule has 2 N–H and O–H groups in total. The van der Waals surface area contributed by atoms with Crippen LogP contribution in [0.25, 0.3) is 0 Å². The van der Waals surface area contributed by atoms with E-state index in [2.05, 4.69) is 5.32 Å². The summed E-state index contributed by atoms with van der Waals surface area (Å²) in [4.78, 5) is 23.8. The van der Waals surface area contributed by atoms with Crippen molar-refractivity contribution in [2.24, 2.45) is 0 Å². The molecule has 0 saturated carbocycles. The van der Waals surface area contributed by atoms with E-state index in [0.29, 0.717) is 6.42 Å². The van der Waals surface area contributed by atoms with Crippen molar-refractivity contribution in [3.8, 4) is 0 Å². The number of nitrogens with zero attached hydrogens (tertiary/aromatic N) is 1. The van der Waals surface area contributed by atoms with Crippen molar-refractivity contribution in [3.63, 3.8) is 0 Å². The van der Waals surface area contributed by atoms with Crippen LogP contribution in [0.3, 0.4) is 0 Å². The van der Waals surface area contributed by atoms with Crippen molar-refractivity contribution in [2.75, 3.05) is 20.6 Å². The fraction of sp³-hybridized carbons (Fsp3) is 0.778. The van der Waals surface area contributed by atoms with Crippen LogP contribution < -0.4 is 5.32 Å². The van der Waals surface area contributed by atoms with Gasteiger partial charge in [0.25, 0.3) is 0 Å². The molecule has 0 aromatic rings. The van der Waals surface area contributed by atoms with Crippen molar-refractivity contribution in [3.05, 3.63) is 0 Å². The maximum absolute atomic E-state index is 11.3. The molecular formula is C9H18N2O3. The van der Waals surface area contributed by atoms with Gasteiger partial charge in [0, 0.05) is 0 Å². The van der Waals surface area contributed by atoms with E-state index in [0.717, 1.165) is 0 Å². The Balaban J connectivity index is 4.32. The first-order chi connectivity index (χ1) is 6.31. The number of rotatable bonds is 5. The van der Waals surface area contributed by atoms with Crippen LogP contribution in [0.4, 0.5) is 0 Å². The van der Waals surface area contributed by atoms with Crippen molar-refractivity contribution >= 4 is 11.9 Å². The smallest absolute Gasteiger partial charge is 0.329 e. The molecule has 0 aromatic heterocycles. The van der Waals surface area contributed by atoms with Gasteiger partial charge in [-0.3, -0.25) is 4.79 Å². The molecule has 1 amide bonds. The van der Waals surface area contributed by atoms with E-state index in [1.807, 2.05) is 0 Å². The Bertz CT molecular complexity index is 228. The topological polar surface area (TPSA) is 69.6 Å². The van der Waals surface area contributed by atoms with Gasteiger partial charge in [-0.25, -0.2) is 4.79 Å². The highest BCUT2D eigenvalue weighted by Crippen LogP contribution is 2.08. The average molecular weight is 202 g/mol. The van der Waals surface area contributed by atoms with Gasteiger partial charge in [0.1, 0.15) is 5.54 Å². The van der Waals surface area contributed by atoms with E-state index in [4.69, 9.17) is 5.11 Å². The lowest BCUT2D eigenvalue weighted by molar-refractivity contribution is -0.147. The SMILES string of the molecule is CCC(C)(NC(=O)CN(C)C)C(=O)O. The summed E-state index contributed by atoms with van der Waals surface area (Å²) in [5.41, 5.74) is -1.16. The normalized spacial score (nSPS) is 14.9. The number of aliphatic carboxylic acids is 1. The van der Waals surface area contributed by atoms with Crippen molar-refractivity contribution in [1.29, 1.82) is 0 Å². The van der Waals surface area contributed by atoms with E-state index in [9.17, 15) is 9.59 Å². The van der Waals surface area contributed by atoms with Crippen LogP contribution in [0.1, 0.15) is 20.3 Å². The molecule has 0 rings (SSSR count). The summed E-state index contributed by atoms with van der Waals surface area (Å²) >= 11 is 0. The average Bonchev–Trinajstić information content (AvgIpc) is 2.01.